The number of hydrogen-bond donors (Lipinski definition) is 2. The molecule has 0 unspecified atom stereocenters. The Bertz CT molecular complexity index is 1280. The second-order valence-corrected chi connectivity index (χ2v) is 9.42. The lowest BCUT2D eigenvalue weighted by molar-refractivity contribution is 0.0531. The van der Waals surface area contributed by atoms with Gasteiger partial charge in [-0.25, -0.2) is 14.8 Å². The molecule has 37 heavy (non-hydrogen) atoms. The third-order valence-corrected chi connectivity index (χ3v) is 6.96. The van der Waals surface area contributed by atoms with Crippen molar-refractivity contribution in [3.63, 3.8) is 0 Å². The highest BCUT2D eigenvalue weighted by Crippen LogP contribution is 2.31. The van der Waals surface area contributed by atoms with E-state index in [1.807, 2.05) is 24.3 Å². The molecular formula is C26H32N6O4S. The molecule has 0 atom stereocenters. The van der Waals surface area contributed by atoms with E-state index in [0.29, 0.717) is 46.3 Å². The molecule has 1 aliphatic heterocycles. The van der Waals surface area contributed by atoms with Crippen molar-refractivity contribution in [3.05, 3.63) is 58.2 Å². The molecule has 4 rings (SSSR count). The monoisotopic (exact) mass is 524 g/mol. The summed E-state index contributed by atoms with van der Waals surface area (Å²) in [5.41, 5.74) is 3.66. The van der Waals surface area contributed by atoms with Crippen molar-refractivity contribution in [3.8, 4) is 11.5 Å². The number of ether oxygens (including phenoxy) is 3. The third-order valence-electron chi connectivity index (χ3n) is 5.91. The smallest absolute Gasteiger partial charge is 0.350 e. The van der Waals surface area contributed by atoms with Crippen molar-refractivity contribution >= 4 is 34.2 Å². The van der Waals surface area contributed by atoms with Crippen LogP contribution in [0.2, 0.25) is 0 Å². The number of nitrogens with zero attached hydrogens (tertiary/aromatic N) is 4. The molecule has 2 N–H and O–H groups in total. The molecule has 0 spiro atoms. The highest BCUT2D eigenvalue weighted by Gasteiger charge is 2.23. The number of thiazole rings is 1. The van der Waals surface area contributed by atoms with E-state index in [9.17, 15) is 4.79 Å². The number of nitrogens with one attached hydrogen (secondary N) is 2. The first-order valence-electron chi connectivity index (χ1n) is 12.0. The van der Waals surface area contributed by atoms with Gasteiger partial charge in [-0.1, -0.05) is 23.5 Å². The van der Waals surface area contributed by atoms with E-state index in [1.165, 1.54) is 11.3 Å². The fourth-order valence-corrected chi connectivity index (χ4v) is 4.97. The zero-order valence-electron chi connectivity index (χ0n) is 21.6. The first-order chi connectivity index (χ1) is 17.9. The van der Waals surface area contributed by atoms with Crippen molar-refractivity contribution in [1.82, 2.24) is 19.9 Å². The van der Waals surface area contributed by atoms with Crippen LogP contribution in [0.1, 0.15) is 39.1 Å². The van der Waals surface area contributed by atoms with E-state index in [0.717, 1.165) is 48.7 Å². The molecule has 0 saturated carbocycles. The van der Waals surface area contributed by atoms with Gasteiger partial charge in [0.2, 0.25) is 5.95 Å². The SMILES string of the molecule is C=CCN1CCc2nc(Nc3nc(C)c(C(=O)OCC)s3)nc(NCc3ccc(OC)c(OC)c3)c2C1. The normalized spacial score (nSPS) is 13.0. The molecule has 1 aliphatic rings. The minimum absolute atomic E-state index is 0.310. The van der Waals surface area contributed by atoms with Crippen LogP contribution in [-0.2, 0) is 24.2 Å². The topological polar surface area (TPSA) is 111 Å². The summed E-state index contributed by atoms with van der Waals surface area (Å²) in [6.07, 6.45) is 2.70. The highest BCUT2D eigenvalue weighted by molar-refractivity contribution is 7.17. The lowest BCUT2D eigenvalue weighted by Gasteiger charge is -2.28. The molecule has 11 heteroatoms. The predicted molar refractivity (Wildman–Crippen MR) is 144 cm³/mol. The van der Waals surface area contributed by atoms with Crippen LogP contribution in [0.5, 0.6) is 11.5 Å². The Balaban J connectivity index is 1.61. The molecule has 0 saturated heterocycles. The van der Waals surface area contributed by atoms with E-state index >= 15 is 0 Å². The van der Waals surface area contributed by atoms with Crippen LogP contribution in [-0.4, -0.2) is 59.7 Å². The van der Waals surface area contributed by atoms with Gasteiger partial charge in [0.1, 0.15) is 10.7 Å². The van der Waals surface area contributed by atoms with Gasteiger partial charge in [0.15, 0.2) is 16.6 Å². The van der Waals surface area contributed by atoms with Gasteiger partial charge in [-0.15, -0.1) is 6.58 Å². The Morgan fingerprint density at radius 3 is 2.76 bits per heavy atom. The summed E-state index contributed by atoms with van der Waals surface area (Å²) < 4.78 is 15.9. The minimum atomic E-state index is -0.378. The van der Waals surface area contributed by atoms with Crippen molar-refractivity contribution < 1.29 is 19.0 Å². The second kappa shape index (κ2) is 12.0. The quantitative estimate of drug-likeness (QED) is 0.278. The molecule has 3 heterocycles. The van der Waals surface area contributed by atoms with Gasteiger partial charge >= 0.3 is 5.97 Å². The van der Waals surface area contributed by atoms with Gasteiger partial charge in [0.25, 0.3) is 0 Å². The number of carbonyl (C=O) groups excluding carboxylic acids is 1. The number of fused-ring (bicyclic) bond motifs is 1. The highest BCUT2D eigenvalue weighted by atomic mass is 32.1. The van der Waals surface area contributed by atoms with Gasteiger partial charge < -0.3 is 19.5 Å². The largest absolute Gasteiger partial charge is 0.493 e. The molecule has 0 aliphatic carbocycles. The van der Waals surface area contributed by atoms with Crippen LogP contribution in [0.3, 0.4) is 0 Å². The lowest BCUT2D eigenvalue weighted by atomic mass is 10.1. The van der Waals surface area contributed by atoms with Gasteiger partial charge in [-0.3, -0.25) is 10.2 Å². The summed E-state index contributed by atoms with van der Waals surface area (Å²) in [4.78, 5) is 29.1. The van der Waals surface area contributed by atoms with E-state index in [1.54, 1.807) is 28.1 Å². The summed E-state index contributed by atoms with van der Waals surface area (Å²) >= 11 is 1.23. The molecule has 0 fully saturated rings. The molecule has 0 bridgehead atoms. The van der Waals surface area contributed by atoms with Crippen LogP contribution < -0.4 is 20.1 Å². The average Bonchev–Trinajstić information content (AvgIpc) is 3.27. The van der Waals surface area contributed by atoms with E-state index in [2.05, 4.69) is 27.1 Å². The van der Waals surface area contributed by atoms with Crippen molar-refractivity contribution in [1.29, 1.82) is 0 Å². The first kappa shape index (κ1) is 26.4. The zero-order chi connectivity index (χ0) is 26.4. The van der Waals surface area contributed by atoms with E-state index in [4.69, 9.17) is 24.2 Å². The molecule has 1 aromatic carbocycles. The van der Waals surface area contributed by atoms with E-state index < -0.39 is 0 Å². The summed E-state index contributed by atoms with van der Waals surface area (Å²) in [6, 6.07) is 5.81. The van der Waals surface area contributed by atoms with Gasteiger partial charge in [0, 0.05) is 38.2 Å². The maximum absolute atomic E-state index is 12.2. The van der Waals surface area contributed by atoms with Gasteiger partial charge in [-0.05, 0) is 31.5 Å². The molecule has 10 nitrogen and oxygen atoms in total. The fraction of sp³-hybridized carbons (Fsp3) is 0.385. The van der Waals surface area contributed by atoms with Crippen LogP contribution in [0.15, 0.2) is 30.9 Å². The molecule has 3 aromatic rings. The molecule has 0 amide bonds. The summed E-state index contributed by atoms with van der Waals surface area (Å²) in [7, 11) is 3.24. The molecule has 196 valence electrons. The van der Waals surface area contributed by atoms with Crippen LogP contribution >= 0.6 is 11.3 Å². The maximum Gasteiger partial charge on any atom is 0.350 e. The summed E-state index contributed by atoms with van der Waals surface area (Å²) in [5, 5.41) is 7.22. The third kappa shape index (κ3) is 6.17. The zero-order valence-corrected chi connectivity index (χ0v) is 22.4. The number of benzene rings is 1. The van der Waals surface area contributed by atoms with Crippen molar-refractivity contribution in [2.45, 2.75) is 33.4 Å². The lowest BCUT2D eigenvalue weighted by Crippen LogP contribution is -2.32. The number of rotatable bonds is 11. The van der Waals surface area contributed by atoms with Crippen LogP contribution in [0.25, 0.3) is 0 Å². The van der Waals surface area contributed by atoms with Crippen LogP contribution in [0.4, 0.5) is 16.9 Å². The number of aromatic nitrogens is 3. The predicted octanol–water partition coefficient (Wildman–Crippen LogP) is 4.34. The molecular weight excluding hydrogens is 492 g/mol. The minimum Gasteiger partial charge on any atom is -0.493 e. The summed E-state index contributed by atoms with van der Waals surface area (Å²) in [6.45, 7) is 10.7. The number of aryl methyl sites for hydroxylation is 1. The number of esters is 1. The van der Waals surface area contributed by atoms with Gasteiger partial charge in [0.05, 0.1) is 32.2 Å². The standard InChI is InChI=1S/C26H32N6O4S/c1-6-11-32-12-10-19-18(15-32)23(27-14-17-8-9-20(34-4)21(13-17)35-5)30-25(29-19)31-26-28-16(3)22(37-26)24(33)36-7-2/h6,8-9,13H,1,7,10-12,14-15H2,2-5H3,(H2,27,28,29,30,31). The number of methoxy groups -OCH3 is 2. The average molecular weight is 525 g/mol. The Kier molecular flexibility index (Phi) is 8.57. The number of hydrogen-bond acceptors (Lipinski definition) is 11. The Hall–Kier alpha value is -3.70. The maximum atomic E-state index is 12.2. The first-order valence-corrected chi connectivity index (χ1v) is 12.9. The van der Waals surface area contributed by atoms with Gasteiger partial charge in [-0.2, -0.15) is 4.98 Å². The number of carbonyl (C=O) groups is 1. The Morgan fingerprint density at radius 1 is 1.22 bits per heavy atom. The number of anilines is 3. The van der Waals surface area contributed by atoms with E-state index in [-0.39, 0.29) is 5.97 Å². The molecule has 0 radical (unpaired) electrons. The van der Waals surface area contributed by atoms with Crippen molar-refractivity contribution in [2.24, 2.45) is 0 Å². The Morgan fingerprint density at radius 2 is 2.03 bits per heavy atom. The Labute approximate surface area is 220 Å². The van der Waals surface area contributed by atoms with Crippen molar-refractivity contribution in [2.75, 3.05) is 44.5 Å². The molecule has 2 aromatic heterocycles. The fourth-order valence-electron chi connectivity index (χ4n) is 4.12. The van der Waals surface area contributed by atoms with Crippen LogP contribution in [0, 0.1) is 6.92 Å². The summed E-state index contributed by atoms with van der Waals surface area (Å²) in [5.74, 6) is 2.14. The second-order valence-electron chi connectivity index (χ2n) is 8.42.